The highest BCUT2D eigenvalue weighted by molar-refractivity contribution is 5.79. The Kier molecular flexibility index (Phi) is 7.04. The molecule has 9 heteroatoms. The molecule has 2 aromatic rings. The fraction of sp³-hybridized carbons (Fsp3) is 0.500. The lowest BCUT2D eigenvalue weighted by Gasteiger charge is -2.13. The molecule has 29 heavy (non-hydrogen) atoms. The Hall–Kier alpha value is -3.10. The first-order valence-corrected chi connectivity index (χ1v) is 9.96. The number of ether oxygens (including phenoxy) is 1. The lowest BCUT2D eigenvalue weighted by Crippen LogP contribution is -2.38. The van der Waals surface area contributed by atoms with Gasteiger partial charge in [0.2, 0.25) is 0 Å². The zero-order valence-electron chi connectivity index (χ0n) is 16.9. The first-order valence-electron chi connectivity index (χ1n) is 9.96. The van der Waals surface area contributed by atoms with E-state index in [9.17, 15) is 10.1 Å². The van der Waals surface area contributed by atoms with Crippen molar-refractivity contribution in [1.82, 2.24) is 20.4 Å². The van der Waals surface area contributed by atoms with Crippen LogP contribution in [0.3, 0.4) is 0 Å². The van der Waals surface area contributed by atoms with Gasteiger partial charge in [-0.15, -0.1) is 0 Å². The highest BCUT2D eigenvalue weighted by Gasteiger charge is 2.22. The maximum Gasteiger partial charge on any atom is 0.306 e. The SMILES string of the molecule is CCNC(=NCc1ccc(C)cc1OCC1CC1)NCCn1cc([N+](=O)[O-])cn1. The van der Waals surface area contributed by atoms with Gasteiger partial charge in [0.25, 0.3) is 0 Å². The molecular weight excluding hydrogens is 372 g/mol. The number of aliphatic imine (C=N–C) groups is 1. The van der Waals surface area contributed by atoms with Gasteiger partial charge in [0.05, 0.1) is 24.6 Å². The molecule has 1 aliphatic rings. The molecule has 0 aliphatic heterocycles. The van der Waals surface area contributed by atoms with Crippen molar-refractivity contribution in [3.8, 4) is 5.75 Å². The van der Waals surface area contributed by atoms with Crippen molar-refractivity contribution in [3.05, 3.63) is 51.8 Å². The molecule has 156 valence electrons. The van der Waals surface area contributed by atoms with Crippen LogP contribution >= 0.6 is 0 Å². The number of nitro groups is 1. The minimum Gasteiger partial charge on any atom is -0.493 e. The zero-order chi connectivity index (χ0) is 20.6. The monoisotopic (exact) mass is 400 g/mol. The van der Waals surface area contributed by atoms with Crippen LogP contribution in [0.15, 0.2) is 35.6 Å². The van der Waals surface area contributed by atoms with Gasteiger partial charge in [-0.1, -0.05) is 12.1 Å². The van der Waals surface area contributed by atoms with Crippen LogP contribution in [0.2, 0.25) is 0 Å². The van der Waals surface area contributed by atoms with Crippen molar-refractivity contribution in [2.75, 3.05) is 19.7 Å². The lowest BCUT2D eigenvalue weighted by atomic mass is 10.1. The molecule has 0 unspecified atom stereocenters. The summed E-state index contributed by atoms with van der Waals surface area (Å²) in [4.78, 5) is 14.9. The first-order chi connectivity index (χ1) is 14.0. The predicted molar refractivity (Wildman–Crippen MR) is 111 cm³/mol. The summed E-state index contributed by atoms with van der Waals surface area (Å²) >= 11 is 0. The van der Waals surface area contributed by atoms with E-state index in [1.165, 1.54) is 30.8 Å². The second-order valence-electron chi connectivity index (χ2n) is 7.21. The number of hydrogen-bond donors (Lipinski definition) is 2. The van der Waals surface area contributed by atoms with Crippen LogP contribution in [-0.2, 0) is 13.1 Å². The maximum atomic E-state index is 10.7. The topological polar surface area (TPSA) is 107 Å². The standard InChI is InChI=1S/C20H28N6O3/c1-3-21-20(22-8-9-25-13-18(12-24-25)26(27)28)23-11-17-7-4-15(2)10-19(17)29-14-16-5-6-16/h4,7,10,12-13,16H,3,5-6,8-9,11,14H2,1-2H3,(H2,21,22,23). The van der Waals surface area contributed by atoms with Crippen LogP contribution in [0.5, 0.6) is 5.75 Å². The summed E-state index contributed by atoms with van der Waals surface area (Å²) in [7, 11) is 0. The Morgan fingerprint density at radius 3 is 2.93 bits per heavy atom. The molecule has 2 N–H and O–H groups in total. The molecule has 1 fully saturated rings. The molecular formula is C20H28N6O3. The van der Waals surface area contributed by atoms with Gasteiger partial charge in [0.15, 0.2) is 5.96 Å². The summed E-state index contributed by atoms with van der Waals surface area (Å²) in [5, 5.41) is 21.2. The summed E-state index contributed by atoms with van der Waals surface area (Å²) in [5.74, 6) is 2.28. The summed E-state index contributed by atoms with van der Waals surface area (Å²) < 4.78 is 7.56. The van der Waals surface area contributed by atoms with Crippen LogP contribution < -0.4 is 15.4 Å². The molecule has 9 nitrogen and oxygen atoms in total. The average molecular weight is 400 g/mol. The molecule has 1 aromatic heterocycles. The van der Waals surface area contributed by atoms with Crippen molar-refractivity contribution < 1.29 is 9.66 Å². The highest BCUT2D eigenvalue weighted by atomic mass is 16.6. The molecule has 0 saturated heterocycles. The van der Waals surface area contributed by atoms with Gasteiger partial charge in [-0.05, 0) is 44.2 Å². The fourth-order valence-corrected chi connectivity index (χ4v) is 2.78. The third-order valence-corrected chi connectivity index (χ3v) is 4.61. The first kappa shape index (κ1) is 20.6. The van der Waals surface area contributed by atoms with E-state index in [0.717, 1.165) is 24.5 Å². The van der Waals surface area contributed by atoms with Crippen LogP contribution in [0.1, 0.15) is 30.9 Å². The van der Waals surface area contributed by atoms with Gasteiger partial charge >= 0.3 is 5.69 Å². The number of aromatic nitrogens is 2. The molecule has 0 bridgehead atoms. The quantitative estimate of drug-likeness (QED) is 0.275. The van der Waals surface area contributed by atoms with E-state index in [2.05, 4.69) is 45.8 Å². The van der Waals surface area contributed by atoms with Crippen molar-refractivity contribution >= 4 is 11.6 Å². The molecule has 1 aromatic carbocycles. The van der Waals surface area contributed by atoms with Crippen LogP contribution in [0, 0.1) is 23.0 Å². The Morgan fingerprint density at radius 2 is 2.24 bits per heavy atom. The summed E-state index contributed by atoms with van der Waals surface area (Å²) in [6.07, 6.45) is 5.18. The molecule has 1 heterocycles. The zero-order valence-corrected chi connectivity index (χ0v) is 16.9. The largest absolute Gasteiger partial charge is 0.493 e. The third-order valence-electron chi connectivity index (χ3n) is 4.61. The van der Waals surface area contributed by atoms with Crippen molar-refractivity contribution in [1.29, 1.82) is 0 Å². The smallest absolute Gasteiger partial charge is 0.306 e. The molecule has 1 saturated carbocycles. The molecule has 0 radical (unpaired) electrons. The number of benzene rings is 1. The van der Waals surface area contributed by atoms with Gasteiger partial charge in [-0.2, -0.15) is 5.10 Å². The number of nitrogens with zero attached hydrogens (tertiary/aromatic N) is 4. The van der Waals surface area contributed by atoms with Crippen LogP contribution in [-0.4, -0.2) is 40.4 Å². The summed E-state index contributed by atoms with van der Waals surface area (Å²) in [6.45, 7) is 7.11. The maximum absolute atomic E-state index is 10.7. The number of nitrogens with one attached hydrogen (secondary N) is 2. The van der Waals surface area contributed by atoms with Gasteiger partial charge < -0.3 is 15.4 Å². The Balaban J connectivity index is 1.57. The van der Waals surface area contributed by atoms with Crippen molar-refractivity contribution in [3.63, 3.8) is 0 Å². The average Bonchev–Trinajstić information content (AvgIpc) is 3.40. The van der Waals surface area contributed by atoms with E-state index in [-0.39, 0.29) is 5.69 Å². The van der Waals surface area contributed by atoms with Gasteiger partial charge in [-0.25, -0.2) is 4.99 Å². The molecule has 0 atom stereocenters. The Bertz CT molecular complexity index is 860. The highest BCUT2D eigenvalue weighted by Crippen LogP contribution is 2.30. The number of aryl methyl sites for hydroxylation is 1. The normalized spacial score (nSPS) is 13.9. The van der Waals surface area contributed by atoms with E-state index in [0.29, 0.717) is 31.5 Å². The number of guanidine groups is 1. The van der Waals surface area contributed by atoms with E-state index in [1.54, 1.807) is 4.68 Å². The minimum atomic E-state index is -0.451. The molecule has 0 amide bonds. The van der Waals surface area contributed by atoms with Crippen molar-refractivity contribution in [2.24, 2.45) is 10.9 Å². The summed E-state index contributed by atoms with van der Waals surface area (Å²) in [6, 6.07) is 6.20. The third kappa shape index (κ3) is 6.48. The van der Waals surface area contributed by atoms with E-state index < -0.39 is 4.92 Å². The molecule has 0 spiro atoms. The minimum absolute atomic E-state index is 0.0105. The predicted octanol–water partition coefficient (Wildman–Crippen LogP) is 2.64. The van der Waals surface area contributed by atoms with Crippen LogP contribution in [0.4, 0.5) is 5.69 Å². The van der Waals surface area contributed by atoms with Crippen molar-refractivity contribution in [2.45, 2.75) is 39.8 Å². The van der Waals surface area contributed by atoms with Gasteiger partial charge in [0, 0.05) is 18.7 Å². The molecule has 1 aliphatic carbocycles. The molecule has 3 rings (SSSR count). The van der Waals surface area contributed by atoms with E-state index >= 15 is 0 Å². The second kappa shape index (κ2) is 9.90. The van der Waals surface area contributed by atoms with Gasteiger partial charge in [0.1, 0.15) is 18.1 Å². The van der Waals surface area contributed by atoms with E-state index in [1.807, 2.05) is 6.92 Å². The summed E-state index contributed by atoms with van der Waals surface area (Å²) in [5.41, 5.74) is 2.21. The van der Waals surface area contributed by atoms with Gasteiger partial charge in [-0.3, -0.25) is 14.8 Å². The number of hydrogen-bond acceptors (Lipinski definition) is 5. The fourth-order valence-electron chi connectivity index (χ4n) is 2.78. The Labute approximate surface area is 170 Å². The van der Waals surface area contributed by atoms with Crippen LogP contribution in [0.25, 0.3) is 0 Å². The Morgan fingerprint density at radius 1 is 1.41 bits per heavy atom. The van der Waals surface area contributed by atoms with E-state index in [4.69, 9.17) is 4.74 Å². The lowest BCUT2D eigenvalue weighted by molar-refractivity contribution is -0.385. The number of rotatable bonds is 10. The second-order valence-corrected chi connectivity index (χ2v) is 7.21.